The van der Waals surface area contributed by atoms with Crippen LogP contribution in [-0.4, -0.2) is 37.8 Å². The molecule has 0 aromatic carbocycles. The molecule has 16 heavy (non-hydrogen) atoms. The third kappa shape index (κ3) is 1.15. The largest absolute Gasteiger partial charge is 0.748 e. The Morgan fingerprint density at radius 1 is 1.25 bits per heavy atom. The SMILES string of the molecule is O=C1C2C3C=CC(O3)C2C(=O)N1OS(=O)[O-]. The summed E-state index contributed by atoms with van der Waals surface area (Å²) in [7, 11) is 0. The van der Waals surface area contributed by atoms with Gasteiger partial charge in [-0.15, -0.1) is 5.06 Å². The van der Waals surface area contributed by atoms with Gasteiger partial charge in [0.2, 0.25) is 0 Å². The van der Waals surface area contributed by atoms with Crippen LogP contribution in [0.3, 0.4) is 0 Å². The average molecular weight is 244 g/mol. The molecule has 86 valence electrons. The second kappa shape index (κ2) is 3.20. The van der Waals surface area contributed by atoms with Crippen molar-refractivity contribution in [3.05, 3.63) is 12.2 Å². The molecular weight excluding hydrogens is 238 g/mol. The lowest BCUT2D eigenvalue weighted by Crippen LogP contribution is -2.35. The molecular formula is C8H6NO6S-. The predicted octanol–water partition coefficient (Wildman–Crippen LogP) is -1.35. The highest BCUT2D eigenvalue weighted by molar-refractivity contribution is 7.74. The van der Waals surface area contributed by atoms with Crippen molar-refractivity contribution in [2.75, 3.05) is 0 Å². The van der Waals surface area contributed by atoms with E-state index in [1.807, 2.05) is 0 Å². The quantitative estimate of drug-likeness (QED) is 0.338. The van der Waals surface area contributed by atoms with E-state index in [2.05, 4.69) is 4.28 Å². The molecule has 3 rings (SSSR count). The maximum atomic E-state index is 11.7. The zero-order chi connectivity index (χ0) is 11.4. The summed E-state index contributed by atoms with van der Waals surface area (Å²) in [5.74, 6) is -2.61. The number of rotatable bonds is 2. The van der Waals surface area contributed by atoms with Crippen LogP contribution in [-0.2, 0) is 30.0 Å². The predicted molar refractivity (Wildman–Crippen MR) is 46.6 cm³/mol. The van der Waals surface area contributed by atoms with Crippen LogP contribution in [0.2, 0.25) is 0 Å². The smallest absolute Gasteiger partial charge is 0.261 e. The van der Waals surface area contributed by atoms with E-state index < -0.39 is 47.2 Å². The first-order valence-electron chi connectivity index (χ1n) is 4.59. The van der Waals surface area contributed by atoms with E-state index in [4.69, 9.17) is 4.74 Å². The molecule has 3 heterocycles. The minimum Gasteiger partial charge on any atom is -0.748 e. The minimum atomic E-state index is -2.93. The molecule has 3 aliphatic heterocycles. The van der Waals surface area contributed by atoms with Crippen molar-refractivity contribution < 1.29 is 27.4 Å². The molecule has 5 atom stereocenters. The number of hydrogen-bond donors (Lipinski definition) is 0. The third-order valence-corrected chi connectivity index (χ3v) is 3.28. The van der Waals surface area contributed by atoms with Gasteiger partial charge in [0.1, 0.15) is 11.4 Å². The van der Waals surface area contributed by atoms with E-state index in [0.29, 0.717) is 5.06 Å². The summed E-state index contributed by atoms with van der Waals surface area (Å²) in [6, 6.07) is 0. The van der Waals surface area contributed by atoms with Crippen LogP contribution in [0.15, 0.2) is 12.2 Å². The molecule has 8 heteroatoms. The highest BCUT2D eigenvalue weighted by Crippen LogP contribution is 2.45. The lowest BCUT2D eigenvalue weighted by molar-refractivity contribution is -0.168. The Morgan fingerprint density at radius 3 is 2.19 bits per heavy atom. The monoisotopic (exact) mass is 244 g/mol. The first-order valence-corrected chi connectivity index (χ1v) is 5.59. The molecule has 0 saturated carbocycles. The van der Waals surface area contributed by atoms with E-state index in [0.717, 1.165) is 0 Å². The van der Waals surface area contributed by atoms with E-state index in [1.165, 1.54) is 0 Å². The summed E-state index contributed by atoms with van der Waals surface area (Å²) in [6.07, 6.45) is 2.52. The first-order chi connectivity index (χ1) is 7.59. The summed E-state index contributed by atoms with van der Waals surface area (Å²) in [6.45, 7) is 0. The Balaban J connectivity index is 1.91. The number of imide groups is 1. The lowest BCUT2D eigenvalue weighted by Gasteiger charge is -2.16. The van der Waals surface area contributed by atoms with Gasteiger partial charge in [-0.3, -0.25) is 9.59 Å². The standard InChI is InChI=1S/C8H7NO6S/c10-7-5-3-1-2-4(14-3)6(5)8(11)9(7)15-16(12)13/h1-6H,(H,12,13)/p-1. The number of nitrogens with zero attached hydrogens (tertiary/aromatic N) is 1. The topological polar surface area (TPSA) is 96.0 Å². The maximum absolute atomic E-state index is 11.7. The molecule has 2 bridgehead atoms. The summed E-state index contributed by atoms with van der Waals surface area (Å²) >= 11 is -2.93. The van der Waals surface area contributed by atoms with E-state index in [1.54, 1.807) is 12.2 Å². The number of ether oxygens (including phenoxy) is 1. The molecule has 3 aliphatic rings. The minimum absolute atomic E-state index is 0.313. The van der Waals surface area contributed by atoms with Gasteiger partial charge in [0.25, 0.3) is 11.8 Å². The summed E-state index contributed by atoms with van der Waals surface area (Å²) in [5.41, 5.74) is 0. The van der Waals surface area contributed by atoms with Crippen LogP contribution < -0.4 is 0 Å². The van der Waals surface area contributed by atoms with Crippen LogP contribution in [0, 0.1) is 11.8 Å². The molecule has 0 aromatic heterocycles. The molecule has 5 unspecified atom stereocenters. The normalized spacial score (nSPS) is 41.9. The summed E-state index contributed by atoms with van der Waals surface area (Å²) < 4.78 is 30.2. The van der Waals surface area contributed by atoms with Gasteiger partial charge in [0.15, 0.2) is 0 Å². The van der Waals surface area contributed by atoms with Gasteiger partial charge in [-0.05, 0) is 0 Å². The van der Waals surface area contributed by atoms with Gasteiger partial charge in [-0.1, -0.05) is 12.2 Å². The van der Waals surface area contributed by atoms with Gasteiger partial charge < -0.3 is 9.29 Å². The van der Waals surface area contributed by atoms with Crippen molar-refractivity contribution in [3.8, 4) is 0 Å². The van der Waals surface area contributed by atoms with Crippen molar-refractivity contribution in [2.24, 2.45) is 11.8 Å². The van der Waals surface area contributed by atoms with E-state index >= 15 is 0 Å². The zero-order valence-corrected chi connectivity index (χ0v) is 8.59. The Bertz CT molecular complexity index is 404. The maximum Gasteiger partial charge on any atom is 0.261 e. The number of fused-ring (bicyclic) bond motifs is 5. The van der Waals surface area contributed by atoms with Gasteiger partial charge >= 0.3 is 0 Å². The number of carbonyl (C=O) groups is 2. The number of amides is 2. The van der Waals surface area contributed by atoms with Crippen LogP contribution in [0.25, 0.3) is 0 Å². The number of hydrogen-bond acceptors (Lipinski definition) is 6. The number of carbonyl (C=O) groups excluding carboxylic acids is 2. The van der Waals surface area contributed by atoms with Crippen LogP contribution >= 0.6 is 0 Å². The fourth-order valence-electron chi connectivity index (χ4n) is 2.41. The third-order valence-electron chi connectivity index (χ3n) is 3.01. The molecule has 0 aliphatic carbocycles. The zero-order valence-electron chi connectivity index (χ0n) is 7.77. The summed E-state index contributed by atoms with van der Waals surface area (Å²) in [4.78, 5) is 23.4. The molecule has 0 spiro atoms. The highest BCUT2D eigenvalue weighted by Gasteiger charge is 2.61. The summed E-state index contributed by atoms with van der Waals surface area (Å²) in [5, 5.41) is 0.313. The molecule has 2 amide bonds. The number of hydroxylamine groups is 2. The van der Waals surface area contributed by atoms with Gasteiger partial charge in [0.05, 0.1) is 24.0 Å². The van der Waals surface area contributed by atoms with Crippen LogP contribution in [0.4, 0.5) is 0 Å². The lowest BCUT2D eigenvalue weighted by atomic mass is 9.85. The Labute approximate surface area is 92.4 Å². The molecule has 7 nitrogen and oxygen atoms in total. The average Bonchev–Trinajstić information content (AvgIpc) is 2.87. The fraction of sp³-hybridized carbons (Fsp3) is 0.500. The van der Waals surface area contributed by atoms with Crippen molar-refractivity contribution >= 4 is 23.2 Å². The van der Waals surface area contributed by atoms with Crippen molar-refractivity contribution in [1.82, 2.24) is 5.06 Å². The fourth-order valence-corrected chi connectivity index (χ4v) is 2.68. The Morgan fingerprint density at radius 2 is 1.75 bits per heavy atom. The molecule has 0 radical (unpaired) electrons. The van der Waals surface area contributed by atoms with Gasteiger partial charge in [-0.2, -0.15) is 4.28 Å². The van der Waals surface area contributed by atoms with Crippen molar-refractivity contribution in [2.45, 2.75) is 12.2 Å². The van der Waals surface area contributed by atoms with Crippen molar-refractivity contribution in [1.29, 1.82) is 0 Å². The molecule has 0 aromatic rings. The van der Waals surface area contributed by atoms with Gasteiger partial charge in [-0.25, -0.2) is 4.21 Å². The van der Waals surface area contributed by atoms with Crippen molar-refractivity contribution in [3.63, 3.8) is 0 Å². The second-order valence-corrected chi connectivity index (χ2v) is 4.31. The van der Waals surface area contributed by atoms with Crippen LogP contribution in [0.1, 0.15) is 0 Å². The van der Waals surface area contributed by atoms with Gasteiger partial charge in [0, 0.05) is 0 Å². The Hall–Kier alpha value is -1.09. The molecule has 2 saturated heterocycles. The highest BCUT2D eigenvalue weighted by atomic mass is 32.2. The Kier molecular flexibility index (Phi) is 2.02. The molecule has 0 N–H and O–H groups in total. The van der Waals surface area contributed by atoms with E-state index in [9.17, 15) is 18.4 Å². The van der Waals surface area contributed by atoms with E-state index in [-0.39, 0.29) is 0 Å². The molecule has 2 fully saturated rings. The second-order valence-electron chi connectivity index (χ2n) is 3.75. The van der Waals surface area contributed by atoms with Crippen LogP contribution in [0.5, 0.6) is 0 Å². The first kappa shape index (κ1) is 10.1.